The van der Waals surface area contributed by atoms with Gasteiger partial charge in [0.1, 0.15) is 5.75 Å². The van der Waals surface area contributed by atoms with Crippen molar-refractivity contribution >= 4 is 5.97 Å². The number of benzene rings is 1. The van der Waals surface area contributed by atoms with Gasteiger partial charge < -0.3 is 20.5 Å². The number of rotatable bonds is 6. The number of likely N-dealkylation sites (N-methyl/N-ethyl adjacent to an activating group) is 1. The average molecular weight is 266 g/mol. The molecule has 1 aromatic rings. The summed E-state index contributed by atoms with van der Waals surface area (Å²) in [7, 11) is 5.37. The normalized spacial score (nSPS) is 14.2. The van der Waals surface area contributed by atoms with Crippen LogP contribution in [0.15, 0.2) is 18.2 Å². The van der Waals surface area contributed by atoms with Crippen LogP contribution in [-0.4, -0.2) is 43.2 Å². The SMILES string of the molecule is COc1ccc(C)cc1C(C(N)CC(=O)O)N(C)C. The first-order valence-electron chi connectivity index (χ1n) is 6.15. The van der Waals surface area contributed by atoms with Crippen LogP contribution >= 0.6 is 0 Å². The fourth-order valence-corrected chi connectivity index (χ4v) is 2.29. The molecule has 0 heterocycles. The number of ether oxygens (including phenoxy) is 1. The molecule has 1 aromatic carbocycles. The van der Waals surface area contributed by atoms with Crippen LogP contribution in [0.5, 0.6) is 5.75 Å². The highest BCUT2D eigenvalue weighted by atomic mass is 16.5. The van der Waals surface area contributed by atoms with Crippen molar-refractivity contribution < 1.29 is 14.6 Å². The van der Waals surface area contributed by atoms with Gasteiger partial charge >= 0.3 is 5.97 Å². The molecule has 3 N–H and O–H groups in total. The Morgan fingerprint density at radius 3 is 2.58 bits per heavy atom. The lowest BCUT2D eigenvalue weighted by atomic mass is 9.94. The van der Waals surface area contributed by atoms with Gasteiger partial charge in [0.15, 0.2) is 0 Å². The lowest BCUT2D eigenvalue weighted by Crippen LogP contribution is -2.39. The van der Waals surface area contributed by atoms with Crippen LogP contribution in [0.1, 0.15) is 23.6 Å². The third-order valence-corrected chi connectivity index (χ3v) is 3.08. The van der Waals surface area contributed by atoms with E-state index in [2.05, 4.69) is 0 Å². The summed E-state index contributed by atoms with van der Waals surface area (Å²) in [5.74, 6) is -0.170. The van der Waals surface area contributed by atoms with Gasteiger partial charge in [0.2, 0.25) is 0 Å². The van der Waals surface area contributed by atoms with E-state index in [0.29, 0.717) is 0 Å². The van der Waals surface area contributed by atoms with Crippen LogP contribution < -0.4 is 10.5 Å². The fraction of sp³-hybridized carbons (Fsp3) is 0.500. The predicted molar refractivity (Wildman–Crippen MR) is 74.4 cm³/mol. The van der Waals surface area contributed by atoms with Gasteiger partial charge in [-0.25, -0.2) is 0 Å². The molecule has 0 radical (unpaired) electrons. The highest BCUT2D eigenvalue weighted by molar-refractivity contribution is 5.67. The van der Waals surface area contributed by atoms with Crippen LogP contribution in [-0.2, 0) is 4.79 Å². The smallest absolute Gasteiger partial charge is 0.304 e. The summed E-state index contributed by atoms with van der Waals surface area (Å²) in [6, 6.07) is 5.13. The van der Waals surface area contributed by atoms with Gasteiger partial charge in [-0.2, -0.15) is 0 Å². The molecule has 0 saturated carbocycles. The number of carboxylic acids is 1. The Morgan fingerprint density at radius 2 is 2.11 bits per heavy atom. The maximum atomic E-state index is 10.9. The molecule has 0 aliphatic rings. The second-order valence-electron chi connectivity index (χ2n) is 4.92. The molecule has 0 spiro atoms. The third kappa shape index (κ3) is 3.94. The van der Waals surface area contributed by atoms with Crippen molar-refractivity contribution in [2.75, 3.05) is 21.2 Å². The van der Waals surface area contributed by atoms with Gasteiger partial charge in [0.05, 0.1) is 19.6 Å². The van der Waals surface area contributed by atoms with E-state index in [4.69, 9.17) is 15.6 Å². The van der Waals surface area contributed by atoms with Gasteiger partial charge in [-0.05, 0) is 27.1 Å². The minimum Gasteiger partial charge on any atom is -0.496 e. The predicted octanol–water partition coefficient (Wildman–Crippen LogP) is 1.41. The van der Waals surface area contributed by atoms with E-state index < -0.39 is 12.0 Å². The number of methoxy groups -OCH3 is 1. The lowest BCUT2D eigenvalue weighted by Gasteiger charge is -2.31. The molecular formula is C14H22N2O3. The Bertz CT molecular complexity index is 446. The number of carbonyl (C=O) groups is 1. The van der Waals surface area contributed by atoms with Crippen LogP contribution in [0.3, 0.4) is 0 Å². The lowest BCUT2D eigenvalue weighted by molar-refractivity contribution is -0.137. The van der Waals surface area contributed by atoms with Crippen molar-refractivity contribution in [1.29, 1.82) is 0 Å². The van der Waals surface area contributed by atoms with E-state index in [9.17, 15) is 4.79 Å². The number of carboxylic acid groups (broad SMARTS) is 1. The topological polar surface area (TPSA) is 75.8 Å². The van der Waals surface area contributed by atoms with Crippen LogP contribution in [0, 0.1) is 6.92 Å². The molecule has 0 bridgehead atoms. The molecule has 0 fully saturated rings. The third-order valence-electron chi connectivity index (χ3n) is 3.08. The van der Waals surface area contributed by atoms with Gasteiger partial charge in [0, 0.05) is 11.6 Å². The summed E-state index contributed by atoms with van der Waals surface area (Å²) in [5.41, 5.74) is 8.05. The van der Waals surface area contributed by atoms with Gasteiger partial charge in [-0.15, -0.1) is 0 Å². The Balaban J connectivity index is 3.18. The Hall–Kier alpha value is -1.59. The van der Waals surface area contributed by atoms with Crippen LogP contribution in [0.2, 0.25) is 0 Å². The number of nitrogens with two attached hydrogens (primary N) is 1. The van der Waals surface area contributed by atoms with E-state index in [-0.39, 0.29) is 12.5 Å². The maximum Gasteiger partial charge on any atom is 0.304 e. The minimum atomic E-state index is -0.897. The molecule has 0 saturated heterocycles. The molecule has 2 atom stereocenters. The van der Waals surface area contributed by atoms with Crippen molar-refractivity contribution in [2.24, 2.45) is 5.73 Å². The first kappa shape index (κ1) is 15.5. The highest BCUT2D eigenvalue weighted by Gasteiger charge is 2.26. The van der Waals surface area contributed by atoms with Crippen LogP contribution in [0.25, 0.3) is 0 Å². The molecular weight excluding hydrogens is 244 g/mol. The first-order chi connectivity index (χ1) is 8.86. The summed E-state index contributed by atoms with van der Waals surface area (Å²) in [5, 5.41) is 8.91. The van der Waals surface area contributed by atoms with Crippen molar-refractivity contribution in [1.82, 2.24) is 4.90 Å². The van der Waals surface area contributed by atoms with Crippen molar-refractivity contribution in [2.45, 2.75) is 25.4 Å². The van der Waals surface area contributed by atoms with Gasteiger partial charge in [0.25, 0.3) is 0 Å². The first-order valence-corrected chi connectivity index (χ1v) is 6.15. The Morgan fingerprint density at radius 1 is 1.47 bits per heavy atom. The average Bonchev–Trinajstić information content (AvgIpc) is 2.27. The number of aryl methyl sites for hydroxylation is 1. The molecule has 1 rings (SSSR count). The molecule has 0 amide bonds. The molecule has 0 aliphatic heterocycles. The zero-order valence-corrected chi connectivity index (χ0v) is 11.9. The molecule has 106 valence electrons. The van der Waals surface area contributed by atoms with Gasteiger partial charge in [-0.3, -0.25) is 4.79 Å². The number of hydrogen-bond donors (Lipinski definition) is 2. The summed E-state index contributed by atoms with van der Waals surface area (Å²) < 4.78 is 5.36. The van der Waals surface area contributed by atoms with E-state index in [0.717, 1.165) is 16.9 Å². The van der Waals surface area contributed by atoms with E-state index in [1.54, 1.807) is 7.11 Å². The van der Waals surface area contributed by atoms with E-state index in [1.165, 1.54) is 0 Å². The molecule has 2 unspecified atom stereocenters. The zero-order valence-electron chi connectivity index (χ0n) is 11.9. The van der Waals surface area contributed by atoms with Crippen molar-refractivity contribution in [3.63, 3.8) is 0 Å². The van der Waals surface area contributed by atoms with E-state index >= 15 is 0 Å². The summed E-state index contributed by atoms with van der Waals surface area (Å²) in [6.07, 6.45) is -0.0834. The second-order valence-corrected chi connectivity index (χ2v) is 4.92. The second kappa shape index (κ2) is 6.54. The molecule has 0 aliphatic carbocycles. The number of nitrogens with zero attached hydrogens (tertiary/aromatic N) is 1. The number of hydrogen-bond acceptors (Lipinski definition) is 4. The van der Waals surface area contributed by atoms with Crippen molar-refractivity contribution in [3.8, 4) is 5.75 Å². The van der Waals surface area contributed by atoms with E-state index in [1.807, 2.05) is 44.1 Å². The standard InChI is InChI=1S/C14H22N2O3/c1-9-5-6-12(19-4)10(7-9)14(16(2)3)11(15)8-13(17)18/h5-7,11,14H,8,15H2,1-4H3,(H,17,18). The fourth-order valence-electron chi connectivity index (χ4n) is 2.29. The van der Waals surface area contributed by atoms with Crippen molar-refractivity contribution in [3.05, 3.63) is 29.3 Å². The molecule has 5 heteroatoms. The minimum absolute atomic E-state index is 0.0834. The Labute approximate surface area is 114 Å². The zero-order chi connectivity index (χ0) is 14.6. The van der Waals surface area contributed by atoms with Gasteiger partial charge in [-0.1, -0.05) is 17.7 Å². The molecule has 19 heavy (non-hydrogen) atoms. The summed E-state index contributed by atoms with van der Waals surface area (Å²) in [4.78, 5) is 12.8. The summed E-state index contributed by atoms with van der Waals surface area (Å²) in [6.45, 7) is 1.98. The van der Waals surface area contributed by atoms with Crippen LogP contribution in [0.4, 0.5) is 0 Å². The molecule has 0 aromatic heterocycles. The quantitative estimate of drug-likeness (QED) is 0.814. The maximum absolute atomic E-state index is 10.9. The summed E-state index contributed by atoms with van der Waals surface area (Å²) >= 11 is 0. The number of aliphatic carboxylic acids is 1. The largest absolute Gasteiger partial charge is 0.496 e. The highest BCUT2D eigenvalue weighted by Crippen LogP contribution is 2.31. The Kier molecular flexibility index (Phi) is 5.32. The monoisotopic (exact) mass is 266 g/mol. The molecule has 5 nitrogen and oxygen atoms in total.